The predicted octanol–water partition coefficient (Wildman–Crippen LogP) is 2.00. The number of nitrogens with one attached hydrogen (secondary N) is 1. The van der Waals surface area contributed by atoms with Gasteiger partial charge in [0.25, 0.3) is 0 Å². The van der Waals surface area contributed by atoms with Crippen molar-refractivity contribution in [2.75, 3.05) is 25.1 Å². The Bertz CT molecular complexity index is 298. The monoisotopic (exact) mass is 247 g/mol. The van der Waals surface area contributed by atoms with E-state index in [1.807, 2.05) is 6.08 Å². The van der Waals surface area contributed by atoms with Crippen LogP contribution in [0.5, 0.6) is 0 Å². The zero-order valence-corrected chi connectivity index (χ0v) is 11.6. The van der Waals surface area contributed by atoms with Crippen molar-refractivity contribution in [3.8, 4) is 0 Å². The van der Waals surface area contributed by atoms with Crippen LogP contribution in [0.1, 0.15) is 33.1 Å². The minimum Gasteiger partial charge on any atom is -0.316 e. The second-order valence-corrected chi connectivity index (χ2v) is 7.03. The van der Waals surface area contributed by atoms with Crippen LogP contribution in [0.2, 0.25) is 0 Å². The molecule has 0 fully saturated rings. The van der Waals surface area contributed by atoms with Crippen molar-refractivity contribution < 1.29 is 8.42 Å². The zero-order valence-electron chi connectivity index (χ0n) is 10.8. The highest BCUT2D eigenvalue weighted by molar-refractivity contribution is 7.90. The van der Waals surface area contributed by atoms with E-state index in [1.165, 1.54) is 6.26 Å². The van der Waals surface area contributed by atoms with E-state index in [1.54, 1.807) is 0 Å². The van der Waals surface area contributed by atoms with Crippen LogP contribution in [0, 0.1) is 5.41 Å². The summed E-state index contributed by atoms with van der Waals surface area (Å²) in [6, 6.07) is 0. The topological polar surface area (TPSA) is 46.2 Å². The van der Waals surface area contributed by atoms with Gasteiger partial charge in [-0.15, -0.1) is 6.58 Å². The SMILES string of the molecule is C=CC(C)(CCCS(C)(=O)=O)CNCCC. The van der Waals surface area contributed by atoms with Crippen LogP contribution in [-0.4, -0.2) is 33.5 Å². The van der Waals surface area contributed by atoms with E-state index in [9.17, 15) is 8.42 Å². The normalized spacial score (nSPS) is 15.7. The molecule has 0 bridgehead atoms. The van der Waals surface area contributed by atoms with Gasteiger partial charge in [0, 0.05) is 18.6 Å². The maximum atomic E-state index is 11.0. The largest absolute Gasteiger partial charge is 0.316 e. The molecule has 0 aromatic rings. The standard InChI is InChI=1S/C12H25NO2S/c1-5-9-13-11-12(3,6-2)8-7-10-16(4,14)15/h6,13H,2,5,7-11H2,1,3-4H3. The smallest absolute Gasteiger partial charge is 0.147 e. The quantitative estimate of drug-likeness (QED) is 0.501. The number of sulfone groups is 1. The molecule has 0 radical (unpaired) electrons. The van der Waals surface area contributed by atoms with Crippen LogP contribution in [0.3, 0.4) is 0 Å². The first-order chi connectivity index (χ1) is 7.33. The van der Waals surface area contributed by atoms with Crippen LogP contribution >= 0.6 is 0 Å². The second kappa shape index (κ2) is 7.07. The summed E-state index contributed by atoms with van der Waals surface area (Å²) in [5, 5.41) is 3.35. The molecule has 3 nitrogen and oxygen atoms in total. The van der Waals surface area contributed by atoms with Crippen LogP contribution < -0.4 is 5.32 Å². The molecule has 0 aromatic carbocycles. The summed E-state index contributed by atoms with van der Waals surface area (Å²) in [7, 11) is -2.83. The fraction of sp³-hybridized carbons (Fsp3) is 0.833. The average Bonchev–Trinajstić information content (AvgIpc) is 2.16. The summed E-state index contributed by atoms with van der Waals surface area (Å²) in [6.45, 7) is 9.94. The Labute approximate surface area is 100 Å². The molecule has 0 aromatic heterocycles. The summed E-state index contributed by atoms with van der Waals surface area (Å²) in [5.41, 5.74) is -0.000139. The van der Waals surface area contributed by atoms with Gasteiger partial charge in [-0.1, -0.05) is 19.9 Å². The van der Waals surface area contributed by atoms with Gasteiger partial charge in [0.15, 0.2) is 0 Å². The Kier molecular flexibility index (Phi) is 6.91. The molecule has 0 saturated carbocycles. The van der Waals surface area contributed by atoms with Gasteiger partial charge in [-0.25, -0.2) is 8.42 Å². The second-order valence-electron chi connectivity index (χ2n) is 4.77. The lowest BCUT2D eigenvalue weighted by atomic mass is 9.86. The molecule has 0 amide bonds. The minimum absolute atomic E-state index is 0.000139. The molecule has 4 heteroatoms. The molecular weight excluding hydrogens is 222 g/mol. The van der Waals surface area contributed by atoms with Crippen LogP contribution in [0.15, 0.2) is 12.7 Å². The maximum Gasteiger partial charge on any atom is 0.147 e. The first-order valence-corrected chi connectivity index (χ1v) is 7.91. The van der Waals surface area contributed by atoms with Gasteiger partial charge in [-0.2, -0.15) is 0 Å². The molecule has 0 aliphatic heterocycles. The van der Waals surface area contributed by atoms with E-state index in [4.69, 9.17) is 0 Å². The van der Waals surface area contributed by atoms with Gasteiger partial charge >= 0.3 is 0 Å². The lowest BCUT2D eigenvalue weighted by Gasteiger charge is -2.26. The van der Waals surface area contributed by atoms with Gasteiger partial charge in [0.05, 0.1) is 0 Å². The van der Waals surface area contributed by atoms with Crippen LogP contribution in [0.25, 0.3) is 0 Å². The molecular formula is C12H25NO2S. The highest BCUT2D eigenvalue weighted by atomic mass is 32.2. The predicted molar refractivity (Wildman–Crippen MR) is 70.4 cm³/mol. The van der Waals surface area contributed by atoms with Gasteiger partial charge in [0.2, 0.25) is 0 Å². The van der Waals surface area contributed by atoms with Crippen LogP contribution in [0.4, 0.5) is 0 Å². The third-order valence-electron chi connectivity index (χ3n) is 2.71. The van der Waals surface area contributed by atoms with Gasteiger partial charge in [0.1, 0.15) is 9.84 Å². The molecule has 1 unspecified atom stereocenters. The van der Waals surface area contributed by atoms with Gasteiger partial charge in [-0.3, -0.25) is 0 Å². The Morgan fingerprint density at radius 1 is 1.44 bits per heavy atom. The van der Waals surface area contributed by atoms with Gasteiger partial charge < -0.3 is 5.32 Å². The molecule has 0 saturated heterocycles. The summed E-state index contributed by atoms with van der Waals surface area (Å²) in [5.74, 6) is 0.268. The third-order valence-corrected chi connectivity index (χ3v) is 3.74. The lowest BCUT2D eigenvalue weighted by molar-refractivity contribution is 0.361. The van der Waals surface area contributed by atoms with Crippen molar-refractivity contribution in [1.82, 2.24) is 5.32 Å². The molecule has 0 heterocycles. The van der Waals surface area contributed by atoms with E-state index in [2.05, 4.69) is 25.7 Å². The fourth-order valence-corrected chi connectivity index (χ4v) is 2.22. The number of hydrogen-bond acceptors (Lipinski definition) is 3. The molecule has 1 atom stereocenters. The van der Waals surface area contributed by atoms with E-state index >= 15 is 0 Å². The Balaban J connectivity index is 4.01. The molecule has 0 aliphatic rings. The van der Waals surface area contributed by atoms with Crippen molar-refractivity contribution in [1.29, 1.82) is 0 Å². The van der Waals surface area contributed by atoms with Crippen molar-refractivity contribution in [3.05, 3.63) is 12.7 Å². The van der Waals surface area contributed by atoms with E-state index in [-0.39, 0.29) is 11.2 Å². The van der Waals surface area contributed by atoms with Crippen LogP contribution in [-0.2, 0) is 9.84 Å². The summed E-state index contributed by atoms with van der Waals surface area (Å²) in [4.78, 5) is 0. The lowest BCUT2D eigenvalue weighted by Crippen LogP contribution is -2.31. The minimum atomic E-state index is -2.83. The first kappa shape index (κ1) is 15.7. The first-order valence-electron chi connectivity index (χ1n) is 5.85. The Morgan fingerprint density at radius 2 is 2.06 bits per heavy atom. The fourth-order valence-electron chi connectivity index (χ4n) is 1.55. The maximum absolute atomic E-state index is 11.0. The Hall–Kier alpha value is -0.350. The van der Waals surface area contributed by atoms with Crippen molar-refractivity contribution >= 4 is 9.84 Å². The molecule has 1 N–H and O–H groups in total. The van der Waals surface area contributed by atoms with E-state index in [0.717, 1.165) is 25.9 Å². The highest BCUT2D eigenvalue weighted by Gasteiger charge is 2.19. The zero-order chi connectivity index (χ0) is 12.7. The Morgan fingerprint density at radius 3 is 2.50 bits per heavy atom. The molecule has 0 spiro atoms. The number of hydrogen-bond donors (Lipinski definition) is 1. The number of rotatable bonds is 9. The molecule has 0 aliphatic carbocycles. The summed E-state index contributed by atoms with van der Waals surface area (Å²) < 4.78 is 22.0. The van der Waals surface area contributed by atoms with Crippen molar-refractivity contribution in [2.45, 2.75) is 33.1 Å². The molecule has 16 heavy (non-hydrogen) atoms. The van der Waals surface area contributed by atoms with Crippen molar-refractivity contribution in [3.63, 3.8) is 0 Å². The molecule has 0 rings (SSSR count). The van der Waals surface area contributed by atoms with Crippen molar-refractivity contribution in [2.24, 2.45) is 5.41 Å². The van der Waals surface area contributed by atoms with E-state index < -0.39 is 9.84 Å². The third kappa shape index (κ3) is 7.88. The highest BCUT2D eigenvalue weighted by Crippen LogP contribution is 2.23. The summed E-state index contributed by atoms with van der Waals surface area (Å²) >= 11 is 0. The van der Waals surface area contributed by atoms with Gasteiger partial charge in [-0.05, 0) is 31.2 Å². The average molecular weight is 247 g/mol. The summed E-state index contributed by atoms with van der Waals surface area (Å²) in [6.07, 6.45) is 5.89. The van der Waals surface area contributed by atoms with E-state index in [0.29, 0.717) is 6.42 Å². The molecule has 96 valence electrons.